The first-order chi connectivity index (χ1) is 9.75. The minimum atomic E-state index is 0.222. The fraction of sp³-hybridized carbons (Fsp3) is 0.588. The molecule has 2 fully saturated rings. The first-order valence-corrected chi connectivity index (χ1v) is 7.89. The van der Waals surface area contributed by atoms with Gasteiger partial charge in [-0.15, -0.1) is 0 Å². The summed E-state index contributed by atoms with van der Waals surface area (Å²) in [7, 11) is 0. The van der Waals surface area contributed by atoms with Crippen LogP contribution in [0, 0.1) is 5.92 Å². The van der Waals surface area contributed by atoms with E-state index in [1.165, 1.54) is 12.8 Å². The van der Waals surface area contributed by atoms with Crippen LogP contribution in [0.4, 0.5) is 5.69 Å². The van der Waals surface area contributed by atoms with Crippen molar-refractivity contribution in [3.63, 3.8) is 0 Å². The molecular weight excluding hydrogens is 248 g/mol. The van der Waals surface area contributed by atoms with E-state index in [1.54, 1.807) is 0 Å². The van der Waals surface area contributed by atoms with Gasteiger partial charge in [-0.3, -0.25) is 4.79 Å². The Morgan fingerprint density at radius 3 is 2.40 bits per heavy atom. The lowest BCUT2D eigenvalue weighted by Gasteiger charge is -2.31. The lowest BCUT2D eigenvalue weighted by molar-refractivity contribution is 0.0698. The molecule has 2 aliphatic rings. The number of amides is 1. The second-order valence-electron chi connectivity index (χ2n) is 6.19. The highest BCUT2D eigenvalue weighted by Crippen LogP contribution is 2.27. The van der Waals surface area contributed by atoms with Gasteiger partial charge in [0.1, 0.15) is 0 Å². The first-order valence-electron chi connectivity index (χ1n) is 7.89. The zero-order chi connectivity index (χ0) is 13.9. The molecule has 3 nitrogen and oxygen atoms in total. The van der Waals surface area contributed by atoms with Gasteiger partial charge in [-0.25, -0.2) is 0 Å². The summed E-state index contributed by atoms with van der Waals surface area (Å²) in [6, 6.07) is 8.13. The van der Waals surface area contributed by atoms with Crippen molar-refractivity contribution in [3.8, 4) is 0 Å². The van der Waals surface area contributed by atoms with Gasteiger partial charge < -0.3 is 9.80 Å². The van der Waals surface area contributed by atoms with Crippen LogP contribution in [0.15, 0.2) is 24.3 Å². The van der Waals surface area contributed by atoms with Gasteiger partial charge in [-0.1, -0.05) is 19.1 Å². The van der Waals surface area contributed by atoms with Crippen molar-refractivity contribution in [3.05, 3.63) is 29.8 Å². The van der Waals surface area contributed by atoms with Crippen LogP contribution >= 0.6 is 0 Å². The third-order valence-corrected chi connectivity index (χ3v) is 4.65. The van der Waals surface area contributed by atoms with Gasteiger partial charge >= 0.3 is 0 Å². The van der Waals surface area contributed by atoms with Crippen LogP contribution in [0.3, 0.4) is 0 Å². The van der Waals surface area contributed by atoms with Gasteiger partial charge in [0.2, 0.25) is 0 Å². The number of rotatable bonds is 2. The molecule has 1 amide bonds. The number of hydrogen-bond acceptors (Lipinski definition) is 2. The van der Waals surface area contributed by atoms with Crippen molar-refractivity contribution in [1.82, 2.24) is 4.90 Å². The van der Waals surface area contributed by atoms with Crippen molar-refractivity contribution in [1.29, 1.82) is 0 Å². The number of anilines is 1. The van der Waals surface area contributed by atoms with Crippen LogP contribution in [0.5, 0.6) is 0 Å². The number of hydrogen-bond donors (Lipinski definition) is 0. The minimum Gasteiger partial charge on any atom is -0.371 e. The molecule has 0 bridgehead atoms. The average Bonchev–Trinajstić information content (AvgIpc) is 3.01. The van der Waals surface area contributed by atoms with Gasteiger partial charge in [0.05, 0.1) is 5.56 Å². The quantitative estimate of drug-likeness (QED) is 0.825. The third-order valence-electron chi connectivity index (χ3n) is 4.65. The summed E-state index contributed by atoms with van der Waals surface area (Å²) < 4.78 is 0. The van der Waals surface area contributed by atoms with E-state index in [0.717, 1.165) is 56.2 Å². The summed E-state index contributed by atoms with van der Waals surface area (Å²) >= 11 is 0. The zero-order valence-electron chi connectivity index (χ0n) is 12.3. The standard InChI is InChI=1S/C17H24N2O/c1-14-8-12-19(13-9-14)17(20)15-6-2-3-7-16(15)18-10-4-5-11-18/h2-3,6-7,14H,4-5,8-13H2,1H3. The molecular formula is C17H24N2O. The molecule has 0 radical (unpaired) electrons. The molecule has 0 unspecified atom stereocenters. The number of piperidine rings is 1. The summed E-state index contributed by atoms with van der Waals surface area (Å²) in [4.78, 5) is 17.2. The number of benzene rings is 1. The fourth-order valence-electron chi connectivity index (χ4n) is 3.27. The maximum atomic E-state index is 12.8. The Labute approximate surface area is 121 Å². The van der Waals surface area contributed by atoms with E-state index in [4.69, 9.17) is 0 Å². The van der Waals surface area contributed by atoms with Crippen LogP contribution in [-0.2, 0) is 0 Å². The molecule has 1 aromatic carbocycles. The number of nitrogens with zero attached hydrogens (tertiary/aromatic N) is 2. The molecule has 0 aromatic heterocycles. The summed E-state index contributed by atoms with van der Waals surface area (Å²) in [5.74, 6) is 0.979. The topological polar surface area (TPSA) is 23.6 Å². The van der Waals surface area contributed by atoms with Gasteiger partial charge in [0.25, 0.3) is 5.91 Å². The second kappa shape index (κ2) is 5.86. The highest BCUT2D eigenvalue weighted by atomic mass is 16.2. The molecule has 20 heavy (non-hydrogen) atoms. The smallest absolute Gasteiger partial charge is 0.255 e. The molecule has 0 aliphatic carbocycles. The lowest BCUT2D eigenvalue weighted by atomic mass is 9.98. The minimum absolute atomic E-state index is 0.222. The largest absolute Gasteiger partial charge is 0.371 e. The number of likely N-dealkylation sites (tertiary alicyclic amines) is 1. The molecule has 3 heteroatoms. The van der Waals surface area contributed by atoms with Crippen LogP contribution in [0.1, 0.15) is 43.0 Å². The molecule has 0 atom stereocenters. The van der Waals surface area contributed by atoms with E-state index in [2.05, 4.69) is 17.9 Å². The van der Waals surface area contributed by atoms with E-state index in [0.29, 0.717) is 0 Å². The van der Waals surface area contributed by atoms with Crippen molar-refractivity contribution in [2.45, 2.75) is 32.6 Å². The maximum Gasteiger partial charge on any atom is 0.255 e. The maximum absolute atomic E-state index is 12.8. The molecule has 2 saturated heterocycles. The van der Waals surface area contributed by atoms with Crippen molar-refractivity contribution in [2.75, 3.05) is 31.1 Å². The van der Waals surface area contributed by atoms with Crippen LogP contribution in [-0.4, -0.2) is 37.0 Å². The Kier molecular flexibility index (Phi) is 3.95. The Morgan fingerprint density at radius 2 is 1.70 bits per heavy atom. The Bertz CT molecular complexity index is 472. The molecule has 0 N–H and O–H groups in total. The molecule has 2 aliphatic heterocycles. The molecule has 3 rings (SSSR count). The Hall–Kier alpha value is -1.51. The Balaban J connectivity index is 1.80. The van der Waals surface area contributed by atoms with E-state index >= 15 is 0 Å². The SMILES string of the molecule is CC1CCN(C(=O)c2ccccc2N2CCCC2)CC1. The molecule has 0 spiro atoms. The molecule has 0 saturated carbocycles. The van der Waals surface area contributed by atoms with Crippen LogP contribution < -0.4 is 4.90 Å². The lowest BCUT2D eigenvalue weighted by Crippen LogP contribution is -2.38. The van der Waals surface area contributed by atoms with Gasteiger partial charge in [-0.2, -0.15) is 0 Å². The normalized spacial score (nSPS) is 20.4. The summed E-state index contributed by atoms with van der Waals surface area (Å²) in [6.07, 6.45) is 4.75. The Morgan fingerprint density at radius 1 is 1.05 bits per heavy atom. The first kappa shape index (κ1) is 13.5. The van der Waals surface area contributed by atoms with E-state index in [1.807, 2.05) is 23.1 Å². The van der Waals surface area contributed by atoms with Crippen molar-refractivity contribution in [2.24, 2.45) is 5.92 Å². The van der Waals surface area contributed by atoms with E-state index in [-0.39, 0.29) is 5.91 Å². The van der Waals surface area contributed by atoms with Gasteiger partial charge in [0, 0.05) is 31.9 Å². The second-order valence-corrected chi connectivity index (χ2v) is 6.19. The monoisotopic (exact) mass is 272 g/mol. The predicted octanol–water partition coefficient (Wildman–Crippen LogP) is 3.16. The van der Waals surface area contributed by atoms with Crippen molar-refractivity contribution >= 4 is 11.6 Å². The fourth-order valence-corrected chi connectivity index (χ4v) is 3.27. The van der Waals surface area contributed by atoms with Gasteiger partial charge in [0.15, 0.2) is 0 Å². The molecule has 1 aromatic rings. The number of carbonyl (C=O) groups is 1. The van der Waals surface area contributed by atoms with Crippen molar-refractivity contribution < 1.29 is 4.79 Å². The zero-order valence-corrected chi connectivity index (χ0v) is 12.3. The highest BCUT2D eigenvalue weighted by molar-refractivity contribution is 5.99. The third kappa shape index (κ3) is 2.67. The number of carbonyl (C=O) groups excluding carboxylic acids is 1. The van der Waals surface area contributed by atoms with Crippen LogP contribution in [0.2, 0.25) is 0 Å². The van der Waals surface area contributed by atoms with Gasteiger partial charge in [-0.05, 0) is 43.7 Å². The summed E-state index contributed by atoms with van der Waals surface area (Å²) in [5.41, 5.74) is 2.03. The van der Waals surface area contributed by atoms with E-state index in [9.17, 15) is 4.79 Å². The van der Waals surface area contributed by atoms with E-state index < -0.39 is 0 Å². The predicted molar refractivity (Wildman–Crippen MR) is 82.2 cm³/mol. The molecule has 108 valence electrons. The molecule has 2 heterocycles. The average molecular weight is 272 g/mol. The number of para-hydroxylation sites is 1. The van der Waals surface area contributed by atoms with Crippen LogP contribution in [0.25, 0.3) is 0 Å². The highest BCUT2D eigenvalue weighted by Gasteiger charge is 2.25. The summed E-state index contributed by atoms with van der Waals surface area (Å²) in [5, 5.41) is 0. The summed E-state index contributed by atoms with van der Waals surface area (Å²) in [6.45, 7) is 6.27.